The summed E-state index contributed by atoms with van der Waals surface area (Å²) in [7, 11) is 1.70. The maximum Gasteiger partial charge on any atom is 0.335 e. The molecule has 0 atom stereocenters. The van der Waals surface area contributed by atoms with Gasteiger partial charge in [-0.05, 0) is 80.5 Å². The van der Waals surface area contributed by atoms with E-state index in [0.29, 0.717) is 28.1 Å². The highest BCUT2D eigenvalue weighted by Crippen LogP contribution is 2.43. The van der Waals surface area contributed by atoms with E-state index >= 15 is 0 Å². The summed E-state index contributed by atoms with van der Waals surface area (Å²) >= 11 is 13.0. The highest BCUT2D eigenvalue weighted by atomic mass is 35.5. The average Bonchev–Trinajstić information content (AvgIpc) is 3.79. The van der Waals surface area contributed by atoms with E-state index in [4.69, 9.17) is 32.7 Å². The fourth-order valence-corrected chi connectivity index (χ4v) is 5.77. The number of hydrogen-bond acceptors (Lipinski definition) is 4. The van der Waals surface area contributed by atoms with Gasteiger partial charge in [-0.2, -0.15) is 0 Å². The number of rotatable bonds is 10. The maximum atomic E-state index is 11.6. The number of benzene rings is 2. The molecule has 0 spiro atoms. The molecule has 1 N–H and O–H groups in total. The van der Waals surface area contributed by atoms with E-state index in [0.717, 1.165) is 78.1 Å². The monoisotopic (exact) mass is 585 g/mol. The molecule has 2 aromatic rings. The van der Waals surface area contributed by atoms with E-state index in [1.165, 1.54) is 0 Å². The number of piperidine rings is 1. The number of nitrogens with zero attached hydrogens (tertiary/aromatic N) is 1. The number of methoxy groups -OCH3 is 1. The third-order valence-corrected chi connectivity index (χ3v) is 8.01. The van der Waals surface area contributed by atoms with Crippen LogP contribution in [0.4, 0.5) is 5.69 Å². The Kier molecular flexibility index (Phi) is 11.7. The van der Waals surface area contributed by atoms with Gasteiger partial charge in [0, 0.05) is 45.9 Å². The first-order chi connectivity index (χ1) is 19.2. The maximum absolute atomic E-state index is 11.6. The van der Waals surface area contributed by atoms with Crippen LogP contribution < -0.4 is 4.90 Å². The minimum absolute atomic E-state index is 0.107. The number of halogens is 2. The lowest BCUT2D eigenvalue weighted by atomic mass is 9.97. The van der Waals surface area contributed by atoms with Crippen molar-refractivity contribution in [1.29, 1.82) is 0 Å². The van der Waals surface area contributed by atoms with Crippen molar-refractivity contribution < 1.29 is 19.4 Å². The Labute approximate surface area is 249 Å². The SMILES string of the molecule is C=C(/C(COC1CCN(c2ccc(/C(=C\C)C(=O)O)c(C)c2)CC1)=C(\OC)C1CC1)c1c(Cl)cccc1Cl.CC. The van der Waals surface area contributed by atoms with Crippen LogP contribution in [-0.2, 0) is 14.3 Å². The number of carboxylic acids is 1. The number of aryl methyl sites for hydroxylation is 1. The Hall–Kier alpha value is -2.73. The van der Waals surface area contributed by atoms with E-state index in [-0.39, 0.29) is 6.10 Å². The van der Waals surface area contributed by atoms with Crippen molar-refractivity contribution >= 4 is 46.0 Å². The van der Waals surface area contributed by atoms with E-state index in [9.17, 15) is 9.90 Å². The summed E-state index contributed by atoms with van der Waals surface area (Å²) in [5, 5.41) is 10.6. The van der Waals surface area contributed by atoms with Crippen molar-refractivity contribution in [2.75, 3.05) is 31.7 Å². The van der Waals surface area contributed by atoms with Crippen molar-refractivity contribution in [1.82, 2.24) is 0 Å². The quantitative estimate of drug-likeness (QED) is 0.171. The van der Waals surface area contributed by atoms with Gasteiger partial charge in [-0.25, -0.2) is 4.79 Å². The lowest BCUT2D eigenvalue weighted by molar-refractivity contribution is -0.130. The summed E-state index contributed by atoms with van der Waals surface area (Å²) in [6, 6.07) is 11.5. The minimum atomic E-state index is -0.910. The largest absolute Gasteiger partial charge is 0.500 e. The normalized spacial score (nSPS) is 16.6. The lowest BCUT2D eigenvalue weighted by Crippen LogP contribution is -2.37. The van der Waals surface area contributed by atoms with Crippen LogP contribution in [0.3, 0.4) is 0 Å². The van der Waals surface area contributed by atoms with E-state index in [1.807, 2.05) is 51.1 Å². The molecule has 0 bridgehead atoms. The van der Waals surface area contributed by atoms with Crippen LogP contribution >= 0.6 is 23.2 Å². The zero-order valence-corrected chi connectivity index (χ0v) is 25.7. The first kappa shape index (κ1) is 31.8. The molecule has 1 aliphatic heterocycles. The molecule has 5 nitrogen and oxygen atoms in total. The third kappa shape index (κ3) is 7.51. The summed E-state index contributed by atoms with van der Waals surface area (Å²) in [4.78, 5) is 13.9. The first-order valence-corrected chi connectivity index (χ1v) is 14.8. The molecule has 7 heteroatoms. The average molecular weight is 587 g/mol. The van der Waals surface area contributed by atoms with Gasteiger partial charge in [0.2, 0.25) is 0 Å². The fraction of sp³-hybridized carbons (Fsp3) is 0.424. The van der Waals surface area contributed by atoms with Crippen LogP contribution in [0, 0.1) is 12.8 Å². The standard InChI is InChI=1S/C31H35Cl2NO4.C2H6/c1-5-24(31(35)36)25-12-11-22(17-19(25)2)34-15-13-23(14-16-34)38-18-26(30(37-4)21-9-10-21)20(3)29-27(32)7-6-8-28(29)33;1-2/h5-8,11-12,17,21,23H,3,9-10,13-16,18H2,1-2,4H3,(H,35,36);1-2H3/b24-5+,30-26-;. The number of anilines is 1. The molecule has 0 unspecified atom stereocenters. The van der Waals surface area contributed by atoms with Crippen molar-refractivity contribution in [3.63, 3.8) is 0 Å². The van der Waals surface area contributed by atoms with Crippen molar-refractivity contribution in [3.8, 4) is 0 Å². The molecular weight excluding hydrogens is 545 g/mol. The molecule has 1 heterocycles. The molecule has 0 aromatic heterocycles. The number of aliphatic carboxylic acids is 1. The lowest BCUT2D eigenvalue weighted by Gasteiger charge is -2.34. The van der Waals surface area contributed by atoms with Gasteiger partial charge >= 0.3 is 5.97 Å². The van der Waals surface area contributed by atoms with E-state index in [2.05, 4.69) is 17.5 Å². The van der Waals surface area contributed by atoms with Crippen molar-refractivity contribution in [3.05, 3.63) is 87.1 Å². The van der Waals surface area contributed by atoms with Gasteiger partial charge in [-0.1, -0.05) is 61.8 Å². The number of carbonyl (C=O) groups is 1. The molecule has 0 amide bonds. The fourth-order valence-electron chi connectivity index (χ4n) is 5.15. The molecule has 40 heavy (non-hydrogen) atoms. The Morgan fingerprint density at radius 2 is 1.73 bits per heavy atom. The molecule has 1 saturated carbocycles. The highest BCUT2D eigenvalue weighted by Gasteiger charge is 2.32. The second-order valence-corrected chi connectivity index (χ2v) is 10.7. The number of ether oxygens (including phenoxy) is 2. The van der Waals surface area contributed by atoms with Gasteiger partial charge in [-0.3, -0.25) is 0 Å². The van der Waals surface area contributed by atoms with Gasteiger partial charge in [-0.15, -0.1) is 0 Å². The van der Waals surface area contributed by atoms with Crippen LogP contribution in [0.1, 0.15) is 63.1 Å². The smallest absolute Gasteiger partial charge is 0.335 e. The van der Waals surface area contributed by atoms with Gasteiger partial charge in [0.25, 0.3) is 0 Å². The van der Waals surface area contributed by atoms with Crippen LogP contribution in [0.25, 0.3) is 11.1 Å². The van der Waals surface area contributed by atoms with Gasteiger partial charge in [0.15, 0.2) is 0 Å². The third-order valence-electron chi connectivity index (χ3n) is 7.38. The second-order valence-electron chi connectivity index (χ2n) is 9.90. The molecule has 1 saturated heterocycles. The summed E-state index contributed by atoms with van der Waals surface area (Å²) < 4.78 is 12.3. The summed E-state index contributed by atoms with van der Waals surface area (Å²) in [5.41, 5.74) is 5.53. The highest BCUT2D eigenvalue weighted by molar-refractivity contribution is 6.37. The Morgan fingerprint density at radius 3 is 2.23 bits per heavy atom. The van der Waals surface area contributed by atoms with Crippen molar-refractivity contribution in [2.24, 2.45) is 5.92 Å². The summed E-state index contributed by atoms with van der Waals surface area (Å²) in [6.45, 7) is 14.2. The molecule has 216 valence electrons. The van der Waals surface area contributed by atoms with Crippen LogP contribution in [-0.4, -0.2) is 44.0 Å². The minimum Gasteiger partial charge on any atom is -0.500 e. The number of carboxylic acid groups (broad SMARTS) is 1. The van der Waals surface area contributed by atoms with Crippen LogP contribution in [0.5, 0.6) is 0 Å². The Bertz CT molecular complexity index is 1250. The molecule has 0 radical (unpaired) electrons. The van der Waals surface area contributed by atoms with Crippen molar-refractivity contribution in [2.45, 2.75) is 59.5 Å². The van der Waals surface area contributed by atoms with E-state index in [1.54, 1.807) is 20.1 Å². The topological polar surface area (TPSA) is 59.0 Å². The molecule has 2 fully saturated rings. The predicted molar refractivity (Wildman–Crippen MR) is 167 cm³/mol. The zero-order chi connectivity index (χ0) is 29.4. The van der Waals surface area contributed by atoms with Gasteiger partial charge in [0.1, 0.15) is 5.76 Å². The molecule has 2 aliphatic rings. The zero-order valence-electron chi connectivity index (χ0n) is 24.2. The predicted octanol–water partition coefficient (Wildman–Crippen LogP) is 8.83. The van der Waals surface area contributed by atoms with E-state index < -0.39 is 5.97 Å². The summed E-state index contributed by atoms with van der Waals surface area (Å²) in [6.07, 6.45) is 5.70. The first-order valence-electron chi connectivity index (χ1n) is 14.0. The molecular formula is C33H41Cl2NO4. The Morgan fingerprint density at radius 1 is 1.10 bits per heavy atom. The number of hydrogen-bond donors (Lipinski definition) is 1. The molecule has 1 aliphatic carbocycles. The van der Waals surface area contributed by atoms with Crippen LogP contribution in [0.15, 0.2) is 60.4 Å². The molecule has 4 rings (SSSR count). The van der Waals surface area contributed by atoms with Gasteiger partial charge in [0.05, 0.1) is 25.4 Å². The summed E-state index contributed by atoms with van der Waals surface area (Å²) in [5.74, 6) is 0.391. The molecule has 2 aromatic carbocycles. The second kappa shape index (κ2) is 14.8. The number of allylic oxidation sites excluding steroid dienone is 2. The van der Waals surface area contributed by atoms with Crippen LogP contribution in [0.2, 0.25) is 10.0 Å². The van der Waals surface area contributed by atoms with Gasteiger partial charge < -0.3 is 19.5 Å². The Balaban J connectivity index is 0.00000216.